The molecule has 0 unspecified atom stereocenters. The van der Waals surface area contributed by atoms with Crippen molar-refractivity contribution in [2.75, 3.05) is 41.0 Å². The Kier molecular flexibility index (Phi) is 8.23. The largest absolute Gasteiger partial charge is 0.493 e. The quantitative estimate of drug-likeness (QED) is 0.447. The first kappa shape index (κ1) is 20.9. The number of likely N-dealkylation sites (tertiary alicyclic amines) is 1. The normalized spacial score (nSPS) is 15.4. The zero-order chi connectivity index (χ0) is 19.6. The van der Waals surface area contributed by atoms with Crippen molar-refractivity contribution in [2.24, 2.45) is 10.9 Å². The standard InChI is InChI=1S/C20H31N3O4/c1-5-12-27-17-7-6-15(13-18(17)25-3)14-22-20(21-2)23-10-8-16(9-11-23)19(24)26-4/h6-7,13,16H,5,8-12,14H2,1-4H3,(H,21,22). The highest BCUT2D eigenvalue weighted by atomic mass is 16.5. The molecule has 150 valence electrons. The summed E-state index contributed by atoms with van der Waals surface area (Å²) in [5, 5.41) is 3.39. The van der Waals surface area contributed by atoms with Gasteiger partial charge in [-0.05, 0) is 37.0 Å². The number of nitrogens with zero attached hydrogens (tertiary/aromatic N) is 2. The number of rotatable bonds is 7. The van der Waals surface area contributed by atoms with Gasteiger partial charge in [-0.3, -0.25) is 9.79 Å². The minimum absolute atomic E-state index is 0.00992. The monoisotopic (exact) mass is 377 g/mol. The average Bonchev–Trinajstić information content (AvgIpc) is 2.72. The van der Waals surface area contributed by atoms with Gasteiger partial charge in [-0.2, -0.15) is 0 Å². The van der Waals surface area contributed by atoms with Gasteiger partial charge in [0.05, 0.1) is 26.7 Å². The van der Waals surface area contributed by atoms with E-state index in [0.29, 0.717) is 13.2 Å². The number of carbonyl (C=O) groups excluding carboxylic acids is 1. The lowest BCUT2D eigenvalue weighted by molar-refractivity contribution is -0.146. The molecule has 1 aliphatic rings. The number of ether oxygens (including phenoxy) is 3. The van der Waals surface area contributed by atoms with E-state index >= 15 is 0 Å². The van der Waals surface area contributed by atoms with Gasteiger partial charge in [0.25, 0.3) is 0 Å². The summed E-state index contributed by atoms with van der Waals surface area (Å²) in [4.78, 5) is 18.2. The molecule has 27 heavy (non-hydrogen) atoms. The van der Waals surface area contributed by atoms with E-state index in [0.717, 1.165) is 55.4 Å². The van der Waals surface area contributed by atoms with E-state index in [2.05, 4.69) is 22.1 Å². The first-order valence-electron chi connectivity index (χ1n) is 9.46. The molecule has 0 atom stereocenters. The van der Waals surface area contributed by atoms with Crippen LogP contribution in [0.4, 0.5) is 0 Å². The highest BCUT2D eigenvalue weighted by molar-refractivity contribution is 5.80. The number of hydrogen-bond donors (Lipinski definition) is 1. The summed E-state index contributed by atoms with van der Waals surface area (Å²) in [6, 6.07) is 5.95. The molecule has 7 heteroatoms. The summed E-state index contributed by atoms with van der Waals surface area (Å²) in [6.45, 7) is 4.94. The zero-order valence-corrected chi connectivity index (χ0v) is 16.8. The zero-order valence-electron chi connectivity index (χ0n) is 16.8. The lowest BCUT2D eigenvalue weighted by atomic mass is 9.97. The van der Waals surface area contributed by atoms with Crippen molar-refractivity contribution in [1.29, 1.82) is 0 Å². The summed E-state index contributed by atoms with van der Waals surface area (Å²) in [5.74, 6) is 2.21. The van der Waals surface area contributed by atoms with Crippen molar-refractivity contribution in [3.63, 3.8) is 0 Å². The second-order valence-electron chi connectivity index (χ2n) is 6.52. The van der Waals surface area contributed by atoms with Gasteiger partial charge in [-0.25, -0.2) is 0 Å². The van der Waals surface area contributed by atoms with Crippen LogP contribution in [-0.4, -0.2) is 57.8 Å². The lowest BCUT2D eigenvalue weighted by Gasteiger charge is -2.33. The second kappa shape index (κ2) is 10.6. The molecule has 2 rings (SSSR count). The first-order chi connectivity index (χ1) is 13.1. The van der Waals surface area contributed by atoms with Gasteiger partial charge in [0.2, 0.25) is 0 Å². The summed E-state index contributed by atoms with van der Waals surface area (Å²) >= 11 is 0. The number of hydrogen-bond acceptors (Lipinski definition) is 5. The maximum absolute atomic E-state index is 11.7. The van der Waals surface area contributed by atoms with Crippen LogP contribution < -0.4 is 14.8 Å². The number of aliphatic imine (C=N–C) groups is 1. The molecule has 1 aliphatic heterocycles. The fourth-order valence-corrected chi connectivity index (χ4v) is 3.16. The van der Waals surface area contributed by atoms with Crippen LogP contribution in [0.15, 0.2) is 23.2 Å². The molecule has 0 saturated carbocycles. The Hall–Kier alpha value is -2.44. The van der Waals surface area contributed by atoms with Crippen molar-refractivity contribution in [3.8, 4) is 11.5 Å². The molecule has 0 bridgehead atoms. The van der Waals surface area contributed by atoms with Crippen LogP contribution in [0.5, 0.6) is 11.5 Å². The molecule has 7 nitrogen and oxygen atoms in total. The van der Waals surface area contributed by atoms with Crippen LogP contribution in [0.2, 0.25) is 0 Å². The molecule has 1 fully saturated rings. The fourth-order valence-electron chi connectivity index (χ4n) is 3.16. The number of benzene rings is 1. The maximum Gasteiger partial charge on any atom is 0.308 e. The van der Waals surface area contributed by atoms with Crippen molar-refractivity contribution >= 4 is 11.9 Å². The van der Waals surface area contributed by atoms with E-state index in [1.807, 2.05) is 18.2 Å². The Morgan fingerprint density at radius 1 is 1.26 bits per heavy atom. The highest BCUT2D eigenvalue weighted by Gasteiger charge is 2.26. The third kappa shape index (κ3) is 5.77. The van der Waals surface area contributed by atoms with Crippen molar-refractivity contribution in [2.45, 2.75) is 32.7 Å². The number of esters is 1. The Bertz CT molecular complexity index is 640. The minimum Gasteiger partial charge on any atom is -0.493 e. The minimum atomic E-state index is -0.116. The fraction of sp³-hybridized carbons (Fsp3) is 0.600. The number of nitrogens with one attached hydrogen (secondary N) is 1. The Morgan fingerprint density at radius 3 is 2.59 bits per heavy atom. The summed E-state index contributed by atoms with van der Waals surface area (Å²) in [5.41, 5.74) is 1.08. The molecule has 0 aliphatic carbocycles. The van der Waals surface area contributed by atoms with Gasteiger partial charge < -0.3 is 24.4 Å². The third-order valence-corrected chi connectivity index (χ3v) is 4.68. The molecule has 0 aromatic heterocycles. The molecular formula is C20H31N3O4. The van der Waals surface area contributed by atoms with Gasteiger partial charge in [0.1, 0.15) is 0 Å². The lowest BCUT2D eigenvalue weighted by Crippen LogP contribution is -2.46. The first-order valence-corrected chi connectivity index (χ1v) is 9.46. The molecule has 1 aromatic carbocycles. The SMILES string of the molecule is CCCOc1ccc(CNC(=NC)N2CCC(C(=O)OC)CC2)cc1OC. The van der Waals surface area contributed by atoms with Crippen LogP contribution >= 0.6 is 0 Å². The van der Waals surface area contributed by atoms with Crippen LogP contribution in [0.25, 0.3) is 0 Å². The molecule has 0 radical (unpaired) electrons. The van der Waals surface area contributed by atoms with E-state index in [4.69, 9.17) is 14.2 Å². The van der Waals surface area contributed by atoms with Gasteiger partial charge >= 0.3 is 5.97 Å². The van der Waals surface area contributed by atoms with E-state index in [1.54, 1.807) is 14.2 Å². The molecule has 1 heterocycles. The third-order valence-electron chi connectivity index (χ3n) is 4.68. The molecule has 1 saturated heterocycles. The number of carbonyl (C=O) groups is 1. The van der Waals surface area contributed by atoms with Crippen LogP contribution in [-0.2, 0) is 16.1 Å². The van der Waals surface area contributed by atoms with Gasteiger partial charge in [0.15, 0.2) is 17.5 Å². The summed E-state index contributed by atoms with van der Waals surface area (Å²) in [7, 11) is 4.87. The number of piperidine rings is 1. The molecule has 0 spiro atoms. The average molecular weight is 377 g/mol. The molecule has 1 aromatic rings. The van der Waals surface area contributed by atoms with Crippen molar-refractivity contribution in [1.82, 2.24) is 10.2 Å². The summed E-state index contributed by atoms with van der Waals surface area (Å²) < 4.78 is 16.0. The maximum atomic E-state index is 11.7. The van der Waals surface area contributed by atoms with E-state index in [1.165, 1.54) is 7.11 Å². The number of methoxy groups -OCH3 is 2. The van der Waals surface area contributed by atoms with Crippen LogP contribution in [0.3, 0.4) is 0 Å². The van der Waals surface area contributed by atoms with Crippen molar-refractivity contribution in [3.05, 3.63) is 23.8 Å². The van der Waals surface area contributed by atoms with Gasteiger partial charge in [-0.1, -0.05) is 13.0 Å². The Labute approximate surface area is 161 Å². The van der Waals surface area contributed by atoms with E-state index < -0.39 is 0 Å². The van der Waals surface area contributed by atoms with Crippen LogP contribution in [0, 0.1) is 5.92 Å². The predicted molar refractivity (Wildman–Crippen MR) is 105 cm³/mol. The molecule has 1 N–H and O–H groups in total. The van der Waals surface area contributed by atoms with Crippen LogP contribution in [0.1, 0.15) is 31.7 Å². The Balaban J connectivity index is 1.91. The number of guanidine groups is 1. The van der Waals surface area contributed by atoms with Gasteiger partial charge in [0, 0.05) is 26.7 Å². The topological polar surface area (TPSA) is 72.4 Å². The second-order valence-corrected chi connectivity index (χ2v) is 6.52. The smallest absolute Gasteiger partial charge is 0.308 e. The van der Waals surface area contributed by atoms with E-state index in [-0.39, 0.29) is 11.9 Å². The molecular weight excluding hydrogens is 346 g/mol. The highest BCUT2D eigenvalue weighted by Crippen LogP contribution is 2.28. The van der Waals surface area contributed by atoms with E-state index in [9.17, 15) is 4.79 Å². The summed E-state index contributed by atoms with van der Waals surface area (Å²) in [6.07, 6.45) is 2.52. The van der Waals surface area contributed by atoms with Gasteiger partial charge in [-0.15, -0.1) is 0 Å². The molecule has 0 amide bonds. The van der Waals surface area contributed by atoms with Crippen molar-refractivity contribution < 1.29 is 19.0 Å². The Morgan fingerprint density at radius 2 is 2.00 bits per heavy atom. The predicted octanol–water partition coefficient (Wildman–Crippen LogP) is 2.44.